The fraction of sp³-hybridized carbons (Fsp3) is 1.00. The minimum atomic E-state index is -3.11. The fourth-order valence-electron chi connectivity index (χ4n) is 2.73. The molecule has 1 aliphatic rings. The standard InChI is InChI=1S/C15H32N2O2S/c1-4-6-12-17(14(3)5-2)20(18,19)13-10-15-9-7-8-11-16-15/h14-16H,4-13H2,1-3H3. The Morgan fingerprint density at radius 1 is 1.30 bits per heavy atom. The van der Waals surface area contributed by atoms with Crippen LogP contribution in [0.25, 0.3) is 0 Å². The van der Waals surface area contributed by atoms with E-state index < -0.39 is 10.0 Å². The van der Waals surface area contributed by atoms with Crippen LogP contribution < -0.4 is 5.32 Å². The second-order valence-electron chi connectivity index (χ2n) is 5.97. The summed E-state index contributed by atoms with van der Waals surface area (Å²) in [4.78, 5) is 0. The van der Waals surface area contributed by atoms with E-state index in [1.165, 1.54) is 12.8 Å². The van der Waals surface area contributed by atoms with Crippen LogP contribution in [0.2, 0.25) is 0 Å². The molecule has 1 fully saturated rings. The molecule has 1 heterocycles. The van der Waals surface area contributed by atoms with E-state index in [-0.39, 0.29) is 6.04 Å². The highest BCUT2D eigenvalue weighted by molar-refractivity contribution is 7.89. The number of piperidine rings is 1. The fourth-order valence-corrected chi connectivity index (χ4v) is 4.65. The van der Waals surface area contributed by atoms with Gasteiger partial charge in [-0.2, -0.15) is 4.31 Å². The SMILES string of the molecule is CCCCN(C(C)CC)S(=O)(=O)CCC1CCCCN1. The zero-order chi connectivity index (χ0) is 15.0. The van der Waals surface area contributed by atoms with E-state index in [0.29, 0.717) is 18.3 Å². The molecule has 0 spiro atoms. The maximum absolute atomic E-state index is 12.6. The molecule has 1 saturated heterocycles. The van der Waals surface area contributed by atoms with E-state index in [1.54, 1.807) is 4.31 Å². The molecule has 0 aromatic carbocycles. The monoisotopic (exact) mass is 304 g/mol. The third kappa shape index (κ3) is 5.70. The number of nitrogens with zero attached hydrogens (tertiary/aromatic N) is 1. The van der Waals surface area contributed by atoms with Gasteiger partial charge in [0.05, 0.1) is 5.75 Å². The lowest BCUT2D eigenvalue weighted by molar-refractivity contribution is 0.321. The van der Waals surface area contributed by atoms with E-state index in [0.717, 1.165) is 38.6 Å². The quantitative estimate of drug-likeness (QED) is 0.712. The summed E-state index contributed by atoms with van der Waals surface area (Å²) in [6.07, 6.45) is 7.18. The highest BCUT2D eigenvalue weighted by Crippen LogP contribution is 2.16. The number of sulfonamides is 1. The van der Waals surface area contributed by atoms with Crippen molar-refractivity contribution in [1.82, 2.24) is 9.62 Å². The van der Waals surface area contributed by atoms with Gasteiger partial charge in [-0.25, -0.2) is 8.42 Å². The van der Waals surface area contributed by atoms with Crippen LogP contribution in [0.15, 0.2) is 0 Å². The third-order valence-electron chi connectivity index (χ3n) is 4.31. The summed E-state index contributed by atoms with van der Waals surface area (Å²) in [5.41, 5.74) is 0. The van der Waals surface area contributed by atoms with Crippen molar-refractivity contribution in [2.75, 3.05) is 18.8 Å². The van der Waals surface area contributed by atoms with Gasteiger partial charge in [0.1, 0.15) is 0 Å². The second-order valence-corrected chi connectivity index (χ2v) is 8.01. The first-order valence-electron chi connectivity index (χ1n) is 8.24. The lowest BCUT2D eigenvalue weighted by Crippen LogP contribution is -2.42. The molecule has 1 aliphatic heterocycles. The molecule has 2 atom stereocenters. The Bertz CT molecular complexity index is 351. The van der Waals surface area contributed by atoms with E-state index in [2.05, 4.69) is 19.2 Å². The first-order chi connectivity index (χ1) is 9.51. The molecular weight excluding hydrogens is 272 g/mol. The number of hydrogen-bond acceptors (Lipinski definition) is 3. The van der Waals surface area contributed by atoms with Gasteiger partial charge in [-0.15, -0.1) is 0 Å². The Morgan fingerprint density at radius 2 is 2.05 bits per heavy atom. The summed E-state index contributed by atoms with van der Waals surface area (Å²) in [5, 5.41) is 3.43. The zero-order valence-corrected chi connectivity index (χ0v) is 14.2. The van der Waals surface area contributed by atoms with Crippen molar-refractivity contribution in [1.29, 1.82) is 0 Å². The van der Waals surface area contributed by atoms with Gasteiger partial charge < -0.3 is 5.32 Å². The predicted molar refractivity (Wildman–Crippen MR) is 85.4 cm³/mol. The Hall–Kier alpha value is -0.130. The van der Waals surface area contributed by atoms with Crippen molar-refractivity contribution in [3.63, 3.8) is 0 Å². The predicted octanol–water partition coefficient (Wildman–Crippen LogP) is 2.75. The molecule has 0 aliphatic carbocycles. The van der Waals surface area contributed by atoms with E-state index in [9.17, 15) is 8.42 Å². The molecule has 0 saturated carbocycles. The molecule has 4 nitrogen and oxygen atoms in total. The van der Waals surface area contributed by atoms with Crippen LogP contribution in [0.5, 0.6) is 0 Å². The second kappa shape index (κ2) is 9.00. The zero-order valence-electron chi connectivity index (χ0n) is 13.4. The van der Waals surface area contributed by atoms with E-state index >= 15 is 0 Å². The van der Waals surface area contributed by atoms with Crippen molar-refractivity contribution in [2.24, 2.45) is 0 Å². The molecule has 0 aromatic heterocycles. The summed E-state index contributed by atoms with van der Waals surface area (Å²) >= 11 is 0. The number of nitrogens with one attached hydrogen (secondary N) is 1. The molecule has 1 rings (SSSR count). The first-order valence-corrected chi connectivity index (χ1v) is 9.85. The third-order valence-corrected chi connectivity index (χ3v) is 6.32. The van der Waals surface area contributed by atoms with Crippen LogP contribution in [0, 0.1) is 0 Å². The van der Waals surface area contributed by atoms with E-state index in [1.807, 2.05) is 6.92 Å². The summed E-state index contributed by atoms with van der Waals surface area (Å²) in [6.45, 7) is 7.89. The number of hydrogen-bond donors (Lipinski definition) is 1. The molecule has 2 unspecified atom stereocenters. The molecule has 0 bridgehead atoms. The van der Waals surface area contributed by atoms with Gasteiger partial charge >= 0.3 is 0 Å². The number of rotatable bonds is 9. The normalized spacial score (nSPS) is 22.1. The average Bonchev–Trinajstić information content (AvgIpc) is 2.46. The number of unbranched alkanes of at least 4 members (excludes halogenated alkanes) is 1. The Morgan fingerprint density at radius 3 is 2.60 bits per heavy atom. The topological polar surface area (TPSA) is 49.4 Å². The van der Waals surface area contributed by atoms with Gasteiger partial charge in [0.25, 0.3) is 0 Å². The molecule has 5 heteroatoms. The van der Waals surface area contributed by atoms with Gasteiger partial charge in [0.15, 0.2) is 0 Å². The Kier molecular flexibility index (Phi) is 8.07. The lowest BCUT2D eigenvalue weighted by Gasteiger charge is -2.29. The van der Waals surface area contributed by atoms with Crippen LogP contribution in [0.4, 0.5) is 0 Å². The Balaban J connectivity index is 2.56. The van der Waals surface area contributed by atoms with Crippen LogP contribution in [-0.2, 0) is 10.0 Å². The molecule has 0 radical (unpaired) electrons. The van der Waals surface area contributed by atoms with Crippen LogP contribution in [0.1, 0.15) is 65.7 Å². The molecule has 20 heavy (non-hydrogen) atoms. The minimum absolute atomic E-state index is 0.117. The van der Waals surface area contributed by atoms with Crippen LogP contribution in [0.3, 0.4) is 0 Å². The summed E-state index contributed by atoms with van der Waals surface area (Å²) < 4.78 is 26.9. The minimum Gasteiger partial charge on any atom is -0.314 e. The van der Waals surface area contributed by atoms with Crippen molar-refractivity contribution < 1.29 is 8.42 Å². The summed E-state index contributed by atoms with van der Waals surface area (Å²) in [7, 11) is -3.11. The van der Waals surface area contributed by atoms with Gasteiger partial charge in [-0.05, 0) is 45.6 Å². The smallest absolute Gasteiger partial charge is 0.214 e. The molecular formula is C15H32N2O2S. The van der Waals surface area contributed by atoms with Crippen molar-refractivity contribution in [3.05, 3.63) is 0 Å². The Labute approximate surface area is 125 Å². The summed E-state index contributed by atoms with van der Waals surface area (Å²) in [5.74, 6) is 0.290. The highest BCUT2D eigenvalue weighted by atomic mass is 32.2. The van der Waals surface area contributed by atoms with Gasteiger partial charge in [0.2, 0.25) is 10.0 Å². The summed E-state index contributed by atoms with van der Waals surface area (Å²) in [6, 6.07) is 0.509. The van der Waals surface area contributed by atoms with Gasteiger partial charge in [-0.3, -0.25) is 0 Å². The van der Waals surface area contributed by atoms with Crippen LogP contribution >= 0.6 is 0 Å². The first kappa shape index (κ1) is 17.9. The van der Waals surface area contributed by atoms with Gasteiger partial charge in [0, 0.05) is 18.6 Å². The van der Waals surface area contributed by atoms with Crippen molar-refractivity contribution in [2.45, 2.75) is 77.8 Å². The highest BCUT2D eigenvalue weighted by Gasteiger charge is 2.26. The maximum Gasteiger partial charge on any atom is 0.214 e. The molecule has 120 valence electrons. The van der Waals surface area contributed by atoms with Gasteiger partial charge in [-0.1, -0.05) is 26.7 Å². The van der Waals surface area contributed by atoms with E-state index in [4.69, 9.17) is 0 Å². The van der Waals surface area contributed by atoms with Crippen molar-refractivity contribution >= 4 is 10.0 Å². The molecule has 1 N–H and O–H groups in total. The lowest BCUT2D eigenvalue weighted by atomic mass is 10.0. The largest absolute Gasteiger partial charge is 0.314 e. The molecule has 0 amide bonds. The average molecular weight is 305 g/mol. The molecule has 0 aromatic rings. The maximum atomic E-state index is 12.6. The van der Waals surface area contributed by atoms with Crippen LogP contribution in [-0.4, -0.2) is 43.6 Å². The van der Waals surface area contributed by atoms with Crippen molar-refractivity contribution in [3.8, 4) is 0 Å².